The van der Waals surface area contributed by atoms with Gasteiger partial charge in [-0.1, -0.05) is 103 Å². The molecule has 1 fully saturated rings. The van der Waals surface area contributed by atoms with Gasteiger partial charge in [0.05, 0.1) is 0 Å². The predicted molar refractivity (Wildman–Crippen MR) is 121 cm³/mol. The third kappa shape index (κ3) is 4.50. The largest absolute Gasteiger partial charge is 0.380 e. The first kappa shape index (κ1) is 19.6. The fraction of sp³-hybridized carbons (Fsp3) is 0.259. The highest BCUT2D eigenvalue weighted by Crippen LogP contribution is 2.41. The van der Waals surface area contributed by atoms with E-state index in [4.69, 9.17) is 0 Å². The highest BCUT2D eigenvalue weighted by atomic mass is 16.3. The van der Waals surface area contributed by atoms with Crippen molar-refractivity contribution in [1.29, 1.82) is 0 Å². The minimum Gasteiger partial charge on any atom is -0.380 e. The van der Waals surface area contributed by atoms with Gasteiger partial charge in [-0.3, -0.25) is 4.90 Å². The van der Waals surface area contributed by atoms with E-state index in [-0.39, 0.29) is 5.92 Å². The molecule has 0 saturated carbocycles. The van der Waals surface area contributed by atoms with Gasteiger partial charge >= 0.3 is 0 Å². The molecule has 1 aliphatic rings. The van der Waals surface area contributed by atoms with E-state index in [1.807, 2.05) is 42.5 Å². The van der Waals surface area contributed by atoms with Gasteiger partial charge in [0, 0.05) is 6.54 Å². The van der Waals surface area contributed by atoms with Gasteiger partial charge in [0.25, 0.3) is 0 Å². The van der Waals surface area contributed by atoms with Gasteiger partial charge in [-0.15, -0.1) is 0 Å². The number of piperidine rings is 1. The van der Waals surface area contributed by atoms with Gasteiger partial charge in [0.2, 0.25) is 0 Å². The smallest absolute Gasteiger partial charge is 0.117 e. The summed E-state index contributed by atoms with van der Waals surface area (Å²) in [6.45, 7) is 2.97. The fourth-order valence-electron chi connectivity index (χ4n) is 4.46. The van der Waals surface area contributed by atoms with E-state index in [0.29, 0.717) is 0 Å². The molecule has 0 unspecified atom stereocenters. The second kappa shape index (κ2) is 9.21. The van der Waals surface area contributed by atoms with Gasteiger partial charge in [0.1, 0.15) is 5.60 Å². The highest BCUT2D eigenvalue weighted by Gasteiger charge is 2.41. The summed E-state index contributed by atoms with van der Waals surface area (Å²) in [6, 6.07) is 30.8. The zero-order valence-corrected chi connectivity index (χ0v) is 16.8. The molecule has 0 aliphatic carbocycles. The molecule has 1 saturated heterocycles. The van der Waals surface area contributed by atoms with Crippen LogP contribution in [0.25, 0.3) is 6.08 Å². The van der Waals surface area contributed by atoms with Crippen molar-refractivity contribution >= 4 is 6.08 Å². The summed E-state index contributed by atoms with van der Waals surface area (Å²) in [7, 11) is 0. The highest BCUT2D eigenvalue weighted by molar-refractivity contribution is 5.48. The maximum absolute atomic E-state index is 12.0. The fourth-order valence-corrected chi connectivity index (χ4v) is 4.46. The van der Waals surface area contributed by atoms with E-state index in [9.17, 15) is 5.11 Å². The van der Waals surface area contributed by atoms with Gasteiger partial charge in [0.15, 0.2) is 0 Å². The number of rotatable bonds is 6. The van der Waals surface area contributed by atoms with E-state index < -0.39 is 5.60 Å². The van der Waals surface area contributed by atoms with Crippen molar-refractivity contribution in [3.05, 3.63) is 114 Å². The minimum atomic E-state index is -0.936. The van der Waals surface area contributed by atoms with Crippen LogP contribution in [0.4, 0.5) is 0 Å². The molecule has 0 radical (unpaired) electrons. The Bertz CT molecular complexity index is 858. The molecule has 2 heteroatoms. The van der Waals surface area contributed by atoms with E-state index in [1.165, 1.54) is 5.56 Å². The lowest BCUT2D eigenvalue weighted by molar-refractivity contribution is -0.0127. The standard InChI is InChI=1S/C27H29NO/c29-27(24-14-6-2-7-15-24,25-16-8-3-9-17-25)26-18-21-28(22-19-26)20-10-13-23-11-4-1-5-12-23/h1-17,26,29H,18-22H2. The van der Waals surface area contributed by atoms with E-state index in [1.54, 1.807) is 0 Å². The molecule has 1 heterocycles. The molecule has 0 aromatic heterocycles. The molecule has 4 rings (SSSR count). The second-order valence-electron chi connectivity index (χ2n) is 7.89. The number of aliphatic hydroxyl groups is 1. The molecule has 3 aromatic carbocycles. The molecule has 0 bridgehead atoms. The molecular weight excluding hydrogens is 354 g/mol. The normalized spacial score (nSPS) is 16.3. The van der Waals surface area contributed by atoms with Crippen LogP contribution < -0.4 is 0 Å². The Morgan fingerprint density at radius 3 is 1.76 bits per heavy atom. The second-order valence-corrected chi connectivity index (χ2v) is 7.89. The summed E-state index contributed by atoms with van der Waals surface area (Å²) in [5, 5.41) is 12.0. The van der Waals surface area contributed by atoms with Crippen LogP contribution in [-0.2, 0) is 5.60 Å². The lowest BCUT2D eigenvalue weighted by Crippen LogP contribution is -2.44. The Kier molecular flexibility index (Phi) is 6.24. The molecule has 1 aliphatic heterocycles. The summed E-state index contributed by atoms with van der Waals surface area (Å²) >= 11 is 0. The molecule has 3 aromatic rings. The Hall–Kier alpha value is -2.68. The maximum atomic E-state index is 12.0. The Morgan fingerprint density at radius 1 is 0.759 bits per heavy atom. The molecule has 29 heavy (non-hydrogen) atoms. The summed E-state index contributed by atoms with van der Waals surface area (Å²) in [4.78, 5) is 2.48. The molecule has 0 amide bonds. The zero-order valence-electron chi connectivity index (χ0n) is 16.8. The number of benzene rings is 3. The van der Waals surface area contributed by atoms with Crippen molar-refractivity contribution in [1.82, 2.24) is 4.90 Å². The number of hydrogen-bond donors (Lipinski definition) is 1. The predicted octanol–water partition coefficient (Wildman–Crippen LogP) is 5.35. The van der Waals surface area contributed by atoms with Crippen LogP contribution in [0.2, 0.25) is 0 Å². The third-order valence-electron chi connectivity index (χ3n) is 6.08. The molecule has 0 spiro atoms. The van der Waals surface area contributed by atoms with Crippen LogP contribution in [0.15, 0.2) is 97.1 Å². The average Bonchev–Trinajstić information content (AvgIpc) is 2.81. The average molecular weight is 384 g/mol. The zero-order chi connectivity index (χ0) is 19.9. The van der Waals surface area contributed by atoms with Crippen molar-refractivity contribution in [2.24, 2.45) is 5.92 Å². The summed E-state index contributed by atoms with van der Waals surface area (Å²) < 4.78 is 0. The molecule has 2 nitrogen and oxygen atoms in total. The van der Waals surface area contributed by atoms with Crippen LogP contribution in [0.3, 0.4) is 0 Å². The Labute approximate surface area is 174 Å². The van der Waals surface area contributed by atoms with E-state index >= 15 is 0 Å². The van der Waals surface area contributed by atoms with Gasteiger partial charge in [-0.25, -0.2) is 0 Å². The van der Waals surface area contributed by atoms with Crippen LogP contribution >= 0.6 is 0 Å². The lowest BCUT2D eigenvalue weighted by atomic mass is 9.72. The summed E-state index contributed by atoms with van der Waals surface area (Å²) in [5.41, 5.74) is 2.29. The quantitative estimate of drug-likeness (QED) is 0.620. The SMILES string of the molecule is OC(c1ccccc1)(c1ccccc1)C1CCN(CC=Cc2ccccc2)CC1. The first-order valence-electron chi connectivity index (χ1n) is 10.5. The van der Waals surface area contributed by atoms with Crippen LogP contribution in [0, 0.1) is 5.92 Å². The van der Waals surface area contributed by atoms with Crippen molar-refractivity contribution in [2.75, 3.05) is 19.6 Å². The number of likely N-dealkylation sites (tertiary alicyclic amines) is 1. The third-order valence-corrected chi connectivity index (χ3v) is 6.08. The summed E-state index contributed by atoms with van der Waals surface area (Å²) in [5.74, 6) is 0.210. The monoisotopic (exact) mass is 383 g/mol. The number of hydrogen-bond acceptors (Lipinski definition) is 2. The van der Waals surface area contributed by atoms with Crippen molar-refractivity contribution in [3.63, 3.8) is 0 Å². The summed E-state index contributed by atoms with van der Waals surface area (Å²) in [6.07, 6.45) is 6.41. The van der Waals surface area contributed by atoms with E-state index in [2.05, 4.69) is 65.6 Å². The molecular formula is C27H29NO. The lowest BCUT2D eigenvalue weighted by Gasteiger charge is -2.42. The Morgan fingerprint density at radius 2 is 1.24 bits per heavy atom. The minimum absolute atomic E-state index is 0.210. The number of nitrogens with zero attached hydrogens (tertiary/aromatic N) is 1. The topological polar surface area (TPSA) is 23.5 Å². The Balaban J connectivity index is 1.45. The van der Waals surface area contributed by atoms with Crippen LogP contribution in [-0.4, -0.2) is 29.6 Å². The van der Waals surface area contributed by atoms with Gasteiger partial charge < -0.3 is 5.11 Å². The first-order valence-corrected chi connectivity index (χ1v) is 10.5. The maximum Gasteiger partial charge on any atom is 0.117 e. The van der Waals surface area contributed by atoms with E-state index in [0.717, 1.165) is 43.6 Å². The molecule has 1 N–H and O–H groups in total. The van der Waals surface area contributed by atoms with Crippen LogP contribution in [0.1, 0.15) is 29.5 Å². The van der Waals surface area contributed by atoms with Crippen LogP contribution in [0.5, 0.6) is 0 Å². The molecule has 148 valence electrons. The van der Waals surface area contributed by atoms with Gasteiger partial charge in [-0.2, -0.15) is 0 Å². The first-order chi connectivity index (χ1) is 14.3. The van der Waals surface area contributed by atoms with Gasteiger partial charge in [-0.05, 0) is 48.5 Å². The molecule has 0 atom stereocenters. The van der Waals surface area contributed by atoms with Crippen molar-refractivity contribution < 1.29 is 5.11 Å². The van der Waals surface area contributed by atoms with Crippen molar-refractivity contribution in [2.45, 2.75) is 18.4 Å². The van der Waals surface area contributed by atoms with Crippen molar-refractivity contribution in [3.8, 4) is 0 Å².